The van der Waals surface area contributed by atoms with Crippen molar-refractivity contribution in [2.24, 2.45) is 5.73 Å². The van der Waals surface area contributed by atoms with E-state index in [1.165, 1.54) is 0 Å². The van der Waals surface area contributed by atoms with E-state index in [9.17, 15) is 10.2 Å². The van der Waals surface area contributed by atoms with Crippen molar-refractivity contribution in [3.63, 3.8) is 0 Å². The average Bonchev–Trinajstić information content (AvgIpc) is 4.10. The minimum Gasteiger partial charge on any atom is -0.497 e. The molecule has 4 aromatic carbocycles. The van der Waals surface area contributed by atoms with E-state index in [4.69, 9.17) is 42.2 Å². The first-order valence-electron chi connectivity index (χ1n) is 18.4. The lowest BCUT2D eigenvalue weighted by atomic mass is 10.00. The number of nitrogens with two attached hydrogens (primary N) is 1. The van der Waals surface area contributed by atoms with Crippen molar-refractivity contribution in [2.45, 2.75) is 26.3 Å². The van der Waals surface area contributed by atoms with E-state index in [0.29, 0.717) is 70.5 Å². The molecule has 0 aliphatic rings. The molecule has 5 aromatic heterocycles. The molecule has 0 amide bonds. The highest BCUT2D eigenvalue weighted by Gasteiger charge is 2.30. The molecule has 0 saturated heterocycles. The number of aryl methyl sites for hydroxylation is 1. The zero-order valence-corrected chi connectivity index (χ0v) is 32.0. The SMILES string of the molecule is CCOc1ccc(-c2nc(-c3ccc4oc(C)cc4c3)no2)cc1OCC.COc1ccc2cc(-c3nc(-c4ccc5oc(C(N)(CO)CO)cc5c4)no3)oc2c1. The third-order valence-corrected chi connectivity index (χ3v) is 9.31. The molecule has 58 heavy (non-hydrogen) atoms. The van der Waals surface area contributed by atoms with Crippen molar-refractivity contribution in [2.75, 3.05) is 33.5 Å². The summed E-state index contributed by atoms with van der Waals surface area (Å²) in [6, 6.07) is 27.8. The lowest BCUT2D eigenvalue weighted by molar-refractivity contribution is 0.105. The van der Waals surface area contributed by atoms with Crippen LogP contribution in [-0.4, -0.2) is 64.0 Å². The molecule has 4 N–H and O–H groups in total. The maximum absolute atomic E-state index is 9.50. The molecule has 0 aliphatic heterocycles. The summed E-state index contributed by atoms with van der Waals surface area (Å²) in [6.45, 7) is 6.01. The number of aliphatic hydroxyl groups excluding tert-OH is 2. The zero-order valence-electron chi connectivity index (χ0n) is 32.0. The lowest BCUT2D eigenvalue weighted by Gasteiger charge is -2.21. The summed E-state index contributed by atoms with van der Waals surface area (Å²) in [5.74, 6) is 5.24. The van der Waals surface area contributed by atoms with Gasteiger partial charge in [0, 0.05) is 38.9 Å². The summed E-state index contributed by atoms with van der Waals surface area (Å²) in [4.78, 5) is 8.98. The Balaban J connectivity index is 0.000000164. The number of rotatable bonds is 12. The maximum atomic E-state index is 9.50. The van der Waals surface area contributed by atoms with Crippen LogP contribution in [0.25, 0.3) is 78.8 Å². The topological polar surface area (TPSA) is 211 Å². The Labute approximate surface area is 330 Å². The van der Waals surface area contributed by atoms with Gasteiger partial charge in [0.2, 0.25) is 11.6 Å². The quantitative estimate of drug-likeness (QED) is 0.106. The zero-order chi connectivity index (χ0) is 40.4. The highest BCUT2D eigenvalue weighted by molar-refractivity contribution is 5.85. The van der Waals surface area contributed by atoms with Crippen molar-refractivity contribution in [3.05, 3.63) is 103 Å². The second-order valence-electron chi connectivity index (χ2n) is 13.3. The molecule has 9 rings (SSSR count). The van der Waals surface area contributed by atoms with Gasteiger partial charge in [-0.25, -0.2) is 0 Å². The normalized spacial score (nSPS) is 11.6. The van der Waals surface area contributed by atoms with Gasteiger partial charge in [-0.1, -0.05) is 10.3 Å². The molecular formula is C43H39N5O10. The fourth-order valence-electron chi connectivity index (χ4n) is 6.28. The molecule has 0 atom stereocenters. The number of methoxy groups -OCH3 is 1. The van der Waals surface area contributed by atoms with Crippen LogP contribution in [0.3, 0.4) is 0 Å². The van der Waals surface area contributed by atoms with Gasteiger partial charge in [-0.3, -0.25) is 0 Å². The fourth-order valence-corrected chi connectivity index (χ4v) is 6.28. The van der Waals surface area contributed by atoms with Crippen LogP contribution >= 0.6 is 0 Å². The average molecular weight is 786 g/mol. The number of hydrogen-bond donors (Lipinski definition) is 3. The molecule has 296 valence electrons. The summed E-state index contributed by atoms with van der Waals surface area (Å²) in [6.07, 6.45) is 0. The van der Waals surface area contributed by atoms with Gasteiger partial charge in [0.25, 0.3) is 11.8 Å². The summed E-state index contributed by atoms with van der Waals surface area (Å²) < 4.78 is 44.5. The monoisotopic (exact) mass is 785 g/mol. The highest BCUT2D eigenvalue weighted by atomic mass is 16.5. The van der Waals surface area contributed by atoms with Gasteiger partial charge >= 0.3 is 0 Å². The molecule has 5 heterocycles. The number of fused-ring (bicyclic) bond motifs is 3. The molecule has 0 bridgehead atoms. The van der Waals surface area contributed by atoms with Crippen LogP contribution in [0.4, 0.5) is 0 Å². The minimum atomic E-state index is -1.36. The standard InChI is InChI=1S/C22H19N3O6.C21H20N2O4/c1-28-15-4-2-12-7-18(29-17(12)9-15)21-24-20(25-31-21)13-3-5-16-14(6-13)8-19(30-16)22(23,10-26)11-27;1-4-24-18-9-7-15(12-19(18)25-5-2)21-22-20(23-27-21)14-6-8-17-16(11-14)10-13(3)26-17/h2-9,26-27H,10-11,23H2,1H3;6-12H,4-5H2,1-3H3. The molecule has 0 fully saturated rings. The number of ether oxygens (including phenoxy) is 3. The molecule has 0 radical (unpaired) electrons. The van der Waals surface area contributed by atoms with E-state index in [0.717, 1.165) is 38.6 Å². The summed E-state index contributed by atoms with van der Waals surface area (Å²) >= 11 is 0. The molecule has 0 aliphatic carbocycles. The summed E-state index contributed by atoms with van der Waals surface area (Å²) in [5, 5.41) is 29.8. The first-order chi connectivity index (χ1) is 28.2. The number of aromatic nitrogens is 4. The van der Waals surface area contributed by atoms with Gasteiger partial charge in [-0.05, 0) is 106 Å². The third-order valence-electron chi connectivity index (χ3n) is 9.31. The molecule has 9 aromatic rings. The third kappa shape index (κ3) is 7.48. The van der Waals surface area contributed by atoms with Gasteiger partial charge < -0.3 is 52.5 Å². The Bertz CT molecular complexity index is 2840. The summed E-state index contributed by atoms with van der Waals surface area (Å²) in [7, 11) is 1.59. The van der Waals surface area contributed by atoms with Gasteiger partial charge in [0.05, 0.1) is 33.5 Å². The van der Waals surface area contributed by atoms with Crippen LogP contribution in [0.2, 0.25) is 0 Å². The molecule has 0 saturated carbocycles. The first-order valence-corrected chi connectivity index (χ1v) is 18.4. The number of nitrogens with zero attached hydrogens (tertiary/aromatic N) is 4. The molecule has 0 unspecified atom stereocenters. The van der Waals surface area contributed by atoms with E-state index in [1.807, 2.05) is 87.5 Å². The van der Waals surface area contributed by atoms with Crippen molar-refractivity contribution >= 4 is 32.9 Å². The Kier molecular flexibility index (Phi) is 10.4. The van der Waals surface area contributed by atoms with Crippen LogP contribution in [0.15, 0.2) is 113 Å². The van der Waals surface area contributed by atoms with E-state index >= 15 is 0 Å². The fraction of sp³-hybridized carbons (Fsp3) is 0.209. The Morgan fingerprint density at radius 1 is 0.621 bits per heavy atom. The van der Waals surface area contributed by atoms with E-state index in [1.54, 1.807) is 31.4 Å². The molecule has 0 spiro atoms. The van der Waals surface area contributed by atoms with Gasteiger partial charge in [-0.15, -0.1) is 0 Å². The second-order valence-corrected chi connectivity index (χ2v) is 13.3. The number of aliphatic hydroxyl groups is 2. The van der Waals surface area contributed by atoms with Crippen LogP contribution in [-0.2, 0) is 5.54 Å². The van der Waals surface area contributed by atoms with Crippen LogP contribution in [0.1, 0.15) is 25.4 Å². The molecule has 15 heteroatoms. The smallest absolute Gasteiger partial charge is 0.293 e. The number of furan rings is 3. The summed E-state index contributed by atoms with van der Waals surface area (Å²) in [5.41, 5.74) is 9.04. The van der Waals surface area contributed by atoms with Gasteiger partial charge in [-0.2, -0.15) is 9.97 Å². The van der Waals surface area contributed by atoms with Crippen molar-refractivity contribution in [1.29, 1.82) is 0 Å². The Morgan fingerprint density at radius 3 is 1.95 bits per heavy atom. The largest absolute Gasteiger partial charge is 0.497 e. The van der Waals surface area contributed by atoms with Crippen LogP contribution < -0.4 is 19.9 Å². The van der Waals surface area contributed by atoms with E-state index in [-0.39, 0.29) is 11.7 Å². The molecular weight excluding hydrogens is 746 g/mol. The molecule has 15 nitrogen and oxygen atoms in total. The van der Waals surface area contributed by atoms with Crippen LogP contribution in [0, 0.1) is 6.92 Å². The van der Waals surface area contributed by atoms with Crippen molar-refractivity contribution < 1.29 is 46.7 Å². The van der Waals surface area contributed by atoms with E-state index < -0.39 is 18.8 Å². The predicted molar refractivity (Wildman–Crippen MR) is 213 cm³/mol. The lowest BCUT2D eigenvalue weighted by Crippen LogP contribution is -2.43. The van der Waals surface area contributed by atoms with Crippen LogP contribution in [0.5, 0.6) is 17.2 Å². The van der Waals surface area contributed by atoms with Crippen molar-refractivity contribution in [3.8, 4) is 63.1 Å². The number of benzene rings is 4. The minimum absolute atomic E-state index is 0.250. The van der Waals surface area contributed by atoms with Gasteiger partial charge in [0.15, 0.2) is 17.3 Å². The van der Waals surface area contributed by atoms with Gasteiger partial charge in [0.1, 0.15) is 39.6 Å². The number of hydrogen-bond acceptors (Lipinski definition) is 15. The Morgan fingerprint density at radius 2 is 1.26 bits per heavy atom. The maximum Gasteiger partial charge on any atom is 0.293 e. The van der Waals surface area contributed by atoms with E-state index in [2.05, 4.69) is 20.3 Å². The second kappa shape index (κ2) is 15.9. The highest BCUT2D eigenvalue weighted by Crippen LogP contribution is 2.35. The Hall–Kier alpha value is -6.94. The predicted octanol–water partition coefficient (Wildman–Crippen LogP) is 8.30. The first kappa shape index (κ1) is 38.0. The van der Waals surface area contributed by atoms with Crippen molar-refractivity contribution in [1.82, 2.24) is 20.3 Å².